The lowest BCUT2D eigenvalue weighted by atomic mass is 9.95. The van der Waals surface area contributed by atoms with E-state index in [2.05, 4.69) is 10.3 Å². The number of hydrogen-bond acceptors (Lipinski definition) is 8. The number of fused-ring (bicyclic) bond motifs is 1. The average molecular weight is 470 g/mol. The van der Waals surface area contributed by atoms with E-state index in [1.54, 1.807) is 5.51 Å². The predicted molar refractivity (Wildman–Crippen MR) is 122 cm³/mol. The second-order valence-electron chi connectivity index (χ2n) is 7.71. The van der Waals surface area contributed by atoms with Gasteiger partial charge >= 0.3 is 0 Å². The number of carbonyl (C=O) groups excluding carboxylic acids is 1. The highest BCUT2D eigenvalue weighted by Gasteiger charge is 2.29. The summed E-state index contributed by atoms with van der Waals surface area (Å²) in [6.45, 7) is 4.49. The normalized spacial score (nSPS) is 14.7. The highest BCUT2D eigenvalue weighted by Crippen LogP contribution is 2.38. The number of rotatable bonds is 7. The van der Waals surface area contributed by atoms with Gasteiger partial charge in [-0.3, -0.25) is 14.9 Å². The second kappa shape index (κ2) is 9.45. The number of thiazole rings is 1. The smallest absolute Gasteiger partial charge is 0.286 e. The molecule has 1 aliphatic heterocycles. The molecule has 1 N–H and O–H groups in total. The fourth-order valence-electron chi connectivity index (χ4n) is 3.88. The Morgan fingerprint density at radius 2 is 2.12 bits per heavy atom. The number of benzene rings is 2. The summed E-state index contributed by atoms with van der Waals surface area (Å²) in [6, 6.07) is 6.21. The summed E-state index contributed by atoms with van der Waals surface area (Å²) < 4.78 is 16.8. The lowest BCUT2D eigenvalue weighted by molar-refractivity contribution is -0.385. The standard InChI is InChI=1S/C23H23N3O6S/c1-13-6-14(2)22-16(7-13)18(4-5-31-22)25-23(27)17-8-20(30-3)21(9-19(17)26(28)29)32-10-15-11-33-12-24-15/h6-9,11-12,18H,4-5,10H2,1-3H3,(H,25,27). The Kier molecular flexibility index (Phi) is 6.45. The van der Waals surface area contributed by atoms with Gasteiger partial charge in [0.15, 0.2) is 11.5 Å². The molecule has 9 nitrogen and oxygen atoms in total. The first-order valence-electron chi connectivity index (χ1n) is 10.3. The van der Waals surface area contributed by atoms with Crippen LogP contribution in [0.3, 0.4) is 0 Å². The summed E-state index contributed by atoms with van der Waals surface area (Å²) in [6.07, 6.45) is 0.557. The summed E-state index contributed by atoms with van der Waals surface area (Å²) in [7, 11) is 1.42. The largest absolute Gasteiger partial charge is 0.493 e. The van der Waals surface area contributed by atoms with Crippen LogP contribution in [-0.2, 0) is 6.61 Å². The number of carbonyl (C=O) groups is 1. The second-order valence-corrected chi connectivity index (χ2v) is 8.43. The third-order valence-electron chi connectivity index (χ3n) is 5.36. The fraction of sp³-hybridized carbons (Fsp3) is 0.304. The van der Waals surface area contributed by atoms with Gasteiger partial charge in [0.1, 0.15) is 17.9 Å². The summed E-state index contributed by atoms with van der Waals surface area (Å²) in [5, 5.41) is 16.5. The first-order valence-corrected chi connectivity index (χ1v) is 11.2. The Balaban J connectivity index is 1.63. The Hall–Kier alpha value is -3.66. The van der Waals surface area contributed by atoms with Crippen molar-refractivity contribution < 1.29 is 23.9 Å². The molecule has 0 saturated carbocycles. The molecular weight excluding hydrogens is 446 g/mol. The maximum atomic E-state index is 13.2. The third-order valence-corrected chi connectivity index (χ3v) is 6.00. The van der Waals surface area contributed by atoms with Crippen molar-refractivity contribution in [3.63, 3.8) is 0 Å². The number of aromatic nitrogens is 1. The van der Waals surface area contributed by atoms with Gasteiger partial charge in [0.25, 0.3) is 11.6 Å². The van der Waals surface area contributed by atoms with Gasteiger partial charge < -0.3 is 19.5 Å². The van der Waals surface area contributed by atoms with Gasteiger partial charge in [-0.2, -0.15) is 0 Å². The lowest BCUT2D eigenvalue weighted by Crippen LogP contribution is -2.33. The summed E-state index contributed by atoms with van der Waals surface area (Å²) in [5.74, 6) is 0.564. The van der Waals surface area contributed by atoms with E-state index in [1.807, 2.05) is 31.4 Å². The van der Waals surface area contributed by atoms with E-state index >= 15 is 0 Å². The molecule has 172 valence electrons. The van der Waals surface area contributed by atoms with Gasteiger partial charge in [-0.1, -0.05) is 17.7 Å². The van der Waals surface area contributed by atoms with Crippen LogP contribution in [-0.4, -0.2) is 29.5 Å². The molecule has 0 fully saturated rings. The van der Waals surface area contributed by atoms with Gasteiger partial charge in [-0.15, -0.1) is 11.3 Å². The van der Waals surface area contributed by atoms with Crippen molar-refractivity contribution in [2.24, 2.45) is 0 Å². The van der Waals surface area contributed by atoms with Crippen molar-refractivity contribution in [2.75, 3.05) is 13.7 Å². The molecule has 1 aromatic heterocycles. The predicted octanol–water partition coefficient (Wildman–Crippen LogP) is 4.51. The van der Waals surface area contributed by atoms with Crippen molar-refractivity contribution in [1.82, 2.24) is 10.3 Å². The maximum absolute atomic E-state index is 13.2. The molecule has 1 amide bonds. The van der Waals surface area contributed by atoms with Crippen LogP contribution in [0.5, 0.6) is 17.2 Å². The number of nitrogens with one attached hydrogen (secondary N) is 1. The van der Waals surface area contributed by atoms with Gasteiger partial charge in [-0.05, 0) is 19.4 Å². The minimum atomic E-state index is -0.601. The summed E-state index contributed by atoms with van der Waals surface area (Å²) >= 11 is 1.42. The number of nitro groups is 1. The molecule has 33 heavy (non-hydrogen) atoms. The molecule has 1 aliphatic rings. The van der Waals surface area contributed by atoms with Gasteiger partial charge in [0.2, 0.25) is 0 Å². The van der Waals surface area contributed by atoms with Crippen LogP contribution in [0.2, 0.25) is 0 Å². The number of aryl methyl sites for hydroxylation is 2. The van der Waals surface area contributed by atoms with Gasteiger partial charge in [0.05, 0.1) is 42.0 Å². The highest BCUT2D eigenvalue weighted by molar-refractivity contribution is 7.07. The van der Waals surface area contributed by atoms with E-state index in [0.29, 0.717) is 18.7 Å². The van der Waals surface area contributed by atoms with Crippen molar-refractivity contribution in [3.05, 3.63) is 73.2 Å². The van der Waals surface area contributed by atoms with Gasteiger partial charge in [0, 0.05) is 23.4 Å². The van der Waals surface area contributed by atoms with Crippen LogP contribution >= 0.6 is 11.3 Å². The SMILES string of the molecule is COc1cc(C(=O)NC2CCOc3c(C)cc(C)cc32)c([N+](=O)[O-])cc1OCc1cscn1. The van der Waals surface area contributed by atoms with E-state index < -0.39 is 10.8 Å². The molecule has 0 saturated heterocycles. The van der Waals surface area contributed by atoms with Crippen LogP contribution in [0.25, 0.3) is 0 Å². The lowest BCUT2D eigenvalue weighted by Gasteiger charge is -2.28. The third kappa shape index (κ3) is 4.75. The van der Waals surface area contributed by atoms with E-state index in [0.717, 1.165) is 22.4 Å². The maximum Gasteiger partial charge on any atom is 0.286 e. The van der Waals surface area contributed by atoms with Crippen molar-refractivity contribution >= 4 is 22.9 Å². The van der Waals surface area contributed by atoms with E-state index in [-0.39, 0.29) is 35.4 Å². The molecule has 0 aliphatic carbocycles. The average Bonchev–Trinajstić information content (AvgIpc) is 3.31. The van der Waals surface area contributed by atoms with Crippen LogP contribution in [0.15, 0.2) is 35.2 Å². The van der Waals surface area contributed by atoms with Crippen LogP contribution in [0, 0.1) is 24.0 Å². The fourth-order valence-corrected chi connectivity index (χ4v) is 4.42. The zero-order valence-electron chi connectivity index (χ0n) is 18.4. The molecule has 3 aromatic rings. The van der Waals surface area contributed by atoms with Crippen LogP contribution in [0.1, 0.15) is 45.2 Å². The quantitative estimate of drug-likeness (QED) is 0.400. The molecule has 1 atom stereocenters. The van der Waals surface area contributed by atoms with Crippen molar-refractivity contribution in [2.45, 2.75) is 32.9 Å². The molecule has 0 bridgehead atoms. The van der Waals surface area contributed by atoms with Crippen LogP contribution in [0.4, 0.5) is 5.69 Å². The number of nitro benzene ring substituents is 1. The Morgan fingerprint density at radius 1 is 1.30 bits per heavy atom. The molecule has 2 aromatic carbocycles. The van der Waals surface area contributed by atoms with Crippen LogP contribution < -0.4 is 19.5 Å². The van der Waals surface area contributed by atoms with Crippen molar-refractivity contribution in [1.29, 1.82) is 0 Å². The van der Waals surface area contributed by atoms with E-state index in [4.69, 9.17) is 14.2 Å². The van der Waals surface area contributed by atoms with Crippen molar-refractivity contribution in [3.8, 4) is 17.2 Å². The van der Waals surface area contributed by atoms with Gasteiger partial charge in [-0.25, -0.2) is 4.98 Å². The number of amides is 1. The van der Waals surface area contributed by atoms with E-state index in [1.165, 1.54) is 30.6 Å². The molecule has 1 unspecified atom stereocenters. The zero-order valence-corrected chi connectivity index (χ0v) is 19.2. The Bertz CT molecular complexity index is 1200. The molecule has 0 spiro atoms. The molecule has 10 heteroatoms. The number of nitrogens with zero attached hydrogens (tertiary/aromatic N) is 2. The van der Waals surface area contributed by atoms with E-state index in [9.17, 15) is 14.9 Å². The first kappa shape index (κ1) is 22.5. The number of hydrogen-bond donors (Lipinski definition) is 1. The summed E-state index contributed by atoms with van der Waals surface area (Å²) in [4.78, 5) is 28.5. The molecule has 0 radical (unpaired) electrons. The molecular formula is C23H23N3O6S. The highest BCUT2D eigenvalue weighted by atomic mass is 32.1. The monoisotopic (exact) mass is 469 g/mol. The molecule has 2 heterocycles. The number of methoxy groups -OCH3 is 1. The number of ether oxygens (including phenoxy) is 3. The minimum Gasteiger partial charge on any atom is -0.493 e. The minimum absolute atomic E-state index is 0.102. The Labute approximate surface area is 194 Å². The first-order chi connectivity index (χ1) is 15.9. The Morgan fingerprint density at radius 3 is 2.82 bits per heavy atom. The summed E-state index contributed by atoms with van der Waals surface area (Å²) in [5.41, 5.74) is 4.79. The topological polar surface area (TPSA) is 113 Å². The molecule has 4 rings (SSSR count). The zero-order chi connectivity index (χ0) is 23.5.